The van der Waals surface area contributed by atoms with Crippen molar-refractivity contribution in [1.29, 1.82) is 0 Å². The number of fused-ring (bicyclic) bond motifs is 4. The molecule has 2 amide bonds. The van der Waals surface area contributed by atoms with Gasteiger partial charge in [0.15, 0.2) is 0 Å². The van der Waals surface area contributed by atoms with Crippen molar-refractivity contribution in [2.24, 2.45) is 0 Å². The Hall–Kier alpha value is -3.97. The van der Waals surface area contributed by atoms with Crippen molar-refractivity contribution in [3.8, 4) is 0 Å². The third-order valence-electron chi connectivity index (χ3n) is 6.47. The average molecular weight is 482 g/mol. The van der Waals surface area contributed by atoms with Crippen molar-refractivity contribution in [3.63, 3.8) is 0 Å². The van der Waals surface area contributed by atoms with E-state index in [0.29, 0.717) is 17.1 Å². The van der Waals surface area contributed by atoms with Gasteiger partial charge in [0.2, 0.25) is 5.91 Å². The minimum atomic E-state index is -0.165. The maximum atomic E-state index is 13.2. The monoisotopic (exact) mass is 481 g/mol. The molecule has 0 saturated heterocycles. The van der Waals surface area contributed by atoms with Crippen LogP contribution in [0.15, 0.2) is 71.6 Å². The normalized spacial score (nSPS) is 12.7. The molecule has 0 saturated carbocycles. The number of carbonyl (C=O) groups is 2. The molecule has 3 aromatic heterocycles. The van der Waals surface area contributed by atoms with Gasteiger partial charge in [-0.15, -0.1) is 11.3 Å². The number of carbonyl (C=O) groups excluding carboxylic acids is 2. The topological polar surface area (TPSA) is 84.2 Å². The minimum Gasteiger partial charge on any atom is -0.464 e. The number of hydrogen-bond donors (Lipinski definition) is 2. The largest absolute Gasteiger partial charge is 0.464 e. The third-order valence-corrected chi connectivity index (χ3v) is 7.68. The summed E-state index contributed by atoms with van der Waals surface area (Å²) in [5, 5.41) is 9.78. The fourth-order valence-corrected chi connectivity index (χ4v) is 6.16. The Morgan fingerprint density at radius 3 is 2.86 bits per heavy atom. The molecule has 0 spiro atoms. The van der Waals surface area contributed by atoms with Crippen LogP contribution in [0.25, 0.3) is 21.7 Å². The van der Waals surface area contributed by atoms with E-state index in [0.717, 1.165) is 57.7 Å². The number of rotatable bonds is 6. The third kappa shape index (κ3) is 4.08. The first-order valence-electron chi connectivity index (χ1n) is 11.7. The Balaban J connectivity index is 1.25. The summed E-state index contributed by atoms with van der Waals surface area (Å²) in [6.45, 7) is 0.388. The summed E-state index contributed by atoms with van der Waals surface area (Å²) in [7, 11) is 0. The lowest BCUT2D eigenvalue weighted by atomic mass is 10.0. The van der Waals surface area contributed by atoms with E-state index in [-0.39, 0.29) is 18.2 Å². The smallest absolute Gasteiger partial charge is 0.254 e. The molecule has 7 heteroatoms. The minimum absolute atomic E-state index is 0.164. The Morgan fingerprint density at radius 2 is 1.97 bits per heavy atom. The predicted molar refractivity (Wildman–Crippen MR) is 138 cm³/mol. The Labute approximate surface area is 206 Å². The molecule has 1 aliphatic rings. The highest BCUT2D eigenvalue weighted by atomic mass is 32.1. The average Bonchev–Trinajstić information content (AvgIpc) is 3.58. The summed E-state index contributed by atoms with van der Waals surface area (Å²) in [6, 6.07) is 15.8. The highest BCUT2D eigenvalue weighted by molar-refractivity contribution is 7.17. The number of amides is 2. The lowest BCUT2D eigenvalue weighted by Gasteiger charge is -2.10. The highest BCUT2D eigenvalue weighted by Crippen LogP contribution is 2.39. The van der Waals surface area contributed by atoms with Gasteiger partial charge in [-0.2, -0.15) is 0 Å². The first-order valence-corrected chi connectivity index (χ1v) is 12.5. The van der Waals surface area contributed by atoms with E-state index in [1.165, 1.54) is 16.2 Å². The number of aryl methyl sites for hydroxylation is 1. The Morgan fingerprint density at radius 1 is 1.06 bits per heavy atom. The van der Waals surface area contributed by atoms with Gasteiger partial charge in [-0.05, 0) is 53.3 Å². The van der Waals surface area contributed by atoms with Gasteiger partial charge in [0.05, 0.1) is 18.2 Å². The van der Waals surface area contributed by atoms with Gasteiger partial charge in [-0.3, -0.25) is 14.6 Å². The zero-order chi connectivity index (χ0) is 23.8. The van der Waals surface area contributed by atoms with Crippen molar-refractivity contribution in [2.75, 3.05) is 5.32 Å². The number of hydrogen-bond acceptors (Lipinski definition) is 5. The van der Waals surface area contributed by atoms with Crippen LogP contribution < -0.4 is 10.6 Å². The number of furan rings is 1. The molecule has 0 bridgehead atoms. The summed E-state index contributed by atoms with van der Waals surface area (Å²) >= 11 is 1.52. The number of benzene rings is 2. The fraction of sp³-hybridized carbons (Fsp3) is 0.179. The number of anilines is 1. The molecular formula is C28H23N3O3S. The Bertz CT molecular complexity index is 1570. The van der Waals surface area contributed by atoms with Crippen LogP contribution in [-0.2, 0) is 30.6 Å². The first-order chi connectivity index (χ1) is 17.2. The van der Waals surface area contributed by atoms with Crippen molar-refractivity contribution < 1.29 is 14.0 Å². The molecule has 2 aromatic carbocycles. The van der Waals surface area contributed by atoms with Crippen molar-refractivity contribution in [1.82, 2.24) is 10.3 Å². The molecular weight excluding hydrogens is 458 g/mol. The van der Waals surface area contributed by atoms with Gasteiger partial charge < -0.3 is 15.1 Å². The summed E-state index contributed by atoms with van der Waals surface area (Å²) in [4.78, 5) is 31.6. The van der Waals surface area contributed by atoms with Gasteiger partial charge in [-0.1, -0.05) is 36.4 Å². The Kier molecular flexibility index (Phi) is 5.54. The van der Waals surface area contributed by atoms with Crippen LogP contribution in [0.5, 0.6) is 0 Å². The van der Waals surface area contributed by atoms with E-state index in [1.807, 2.05) is 42.5 Å². The van der Waals surface area contributed by atoms with Crippen LogP contribution in [0.1, 0.15) is 38.3 Å². The summed E-state index contributed by atoms with van der Waals surface area (Å²) in [6.07, 6.45) is 8.10. The SMILES string of the molecule is O=C(Cc1coc2ccc3ccccc3c12)Nc1sc2c(c1C(=O)NCc1cccnc1)CCC2. The van der Waals surface area contributed by atoms with Crippen LogP contribution in [0.2, 0.25) is 0 Å². The second kappa shape index (κ2) is 9.00. The second-order valence-electron chi connectivity index (χ2n) is 8.75. The quantitative estimate of drug-likeness (QED) is 0.329. The number of nitrogens with one attached hydrogen (secondary N) is 2. The fourth-order valence-electron chi connectivity index (χ4n) is 4.85. The lowest BCUT2D eigenvalue weighted by Crippen LogP contribution is -2.25. The molecule has 3 heterocycles. The van der Waals surface area contributed by atoms with Crippen molar-refractivity contribution >= 4 is 49.9 Å². The predicted octanol–water partition coefficient (Wildman–Crippen LogP) is 5.64. The molecule has 6 nitrogen and oxygen atoms in total. The van der Waals surface area contributed by atoms with Crippen LogP contribution >= 0.6 is 11.3 Å². The van der Waals surface area contributed by atoms with E-state index in [1.54, 1.807) is 18.7 Å². The zero-order valence-corrected chi connectivity index (χ0v) is 19.8. The first kappa shape index (κ1) is 21.6. The molecule has 0 radical (unpaired) electrons. The number of aromatic nitrogens is 1. The molecule has 2 N–H and O–H groups in total. The molecule has 1 aliphatic carbocycles. The van der Waals surface area contributed by atoms with Crippen molar-refractivity contribution in [2.45, 2.75) is 32.2 Å². The lowest BCUT2D eigenvalue weighted by molar-refractivity contribution is -0.115. The summed E-state index contributed by atoms with van der Waals surface area (Å²) in [5.41, 5.74) is 4.19. The van der Waals surface area contributed by atoms with E-state index in [9.17, 15) is 9.59 Å². The highest BCUT2D eigenvalue weighted by Gasteiger charge is 2.27. The maximum absolute atomic E-state index is 13.2. The summed E-state index contributed by atoms with van der Waals surface area (Å²) < 4.78 is 5.75. The number of nitrogens with zero attached hydrogens (tertiary/aromatic N) is 1. The number of thiophene rings is 1. The van der Waals surface area contributed by atoms with Gasteiger partial charge >= 0.3 is 0 Å². The molecule has 0 aliphatic heterocycles. The summed E-state index contributed by atoms with van der Waals surface area (Å²) in [5.74, 6) is -0.329. The standard InChI is InChI=1S/C28H23N3O3S/c32-24(13-19-16-34-22-11-10-18-6-1-2-7-20(18)25(19)22)31-28-26(21-8-3-9-23(21)35-28)27(33)30-15-17-5-4-12-29-14-17/h1-2,4-7,10-12,14,16H,3,8-9,13,15H2,(H,30,33)(H,31,32). The maximum Gasteiger partial charge on any atom is 0.254 e. The molecule has 0 atom stereocenters. The number of pyridine rings is 1. The van der Waals surface area contributed by atoms with Crippen molar-refractivity contribution in [3.05, 3.63) is 94.3 Å². The molecule has 0 unspecified atom stereocenters. The molecule has 0 fully saturated rings. The van der Waals surface area contributed by atoms with Crippen LogP contribution in [0.3, 0.4) is 0 Å². The van der Waals surface area contributed by atoms with Gasteiger partial charge in [0, 0.05) is 34.8 Å². The molecule has 5 aromatic rings. The van der Waals surface area contributed by atoms with Gasteiger partial charge in [0.1, 0.15) is 10.6 Å². The van der Waals surface area contributed by atoms with Crippen LogP contribution in [0.4, 0.5) is 5.00 Å². The van der Waals surface area contributed by atoms with Gasteiger partial charge in [0.25, 0.3) is 5.91 Å². The second-order valence-corrected chi connectivity index (χ2v) is 9.86. The van der Waals surface area contributed by atoms with E-state index >= 15 is 0 Å². The van der Waals surface area contributed by atoms with E-state index in [2.05, 4.69) is 21.7 Å². The molecule has 35 heavy (non-hydrogen) atoms. The van der Waals surface area contributed by atoms with Gasteiger partial charge in [-0.25, -0.2) is 0 Å². The molecule has 6 rings (SSSR count). The van der Waals surface area contributed by atoms with E-state index < -0.39 is 0 Å². The molecule has 174 valence electrons. The van der Waals surface area contributed by atoms with Crippen LogP contribution in [0, 0.1) is 0 Å². The van der Waals surface area contributed by atoms with Crippen LogP contribution in [-0.4, -0.2) is 16.8 Å². The van der Waals surface area contributed by atoms with E-state index in [4.69, 9.17) is 4.42 Å². The zero-order valence-electron chi connectivity index (χ0n) is 19.0.